The number of amides is 1. The minimum Gasteiger partial charge on any atom is -0.494 e. The lowest BCUT2D eigenvalue weighted by atomic mass is 9.85. The first-order valence-corrected chi connectivity index (χ1v) is 9.23. The lowest BCUT2D eigenvalue weighted by molar-refractivity contribution is -0.116. The first-order chi connectivity index (χ1) is 13.9. The van der Waals surface area contributed by atoms with Crippen LogP contribution in [0.3, 0.4) is 0 Å². The van der Waals surface area contributed by atoms with Crippen LogP contribution in [0.25, 0.3) is 5.69 Å². The van der Waals surface area contributed by atoms with Crippen LogP contribution in [0.2, 0.25) is 0 Å². The molecule has 1 aliphatic heterocycles. The van der Waals surface area contributed by atoms with E-state index in [0.717, 1.165) is 11.3 Å². The van der Waals surface area contributed by atoms with Crippen molar-refractivity contribution >= 4 is 17.5 Å². The Morgan fingerprint density at radius 1 is 1.21 bits per heavy atom. The van der Waals surface area contributed by atoms with Crippen molar-refractivity contribution in [3.05, 3.63) is 70.7 Å². The van der Waals surface area contributed by atoms with Crippen LogP contribution in [0, 0.1) is 19.7 Å². The third kappa shape index (κ3) is 3.29. The number of rotatable bonds is 4. The number of anilines is 1. The Morgan fingerprint density at radius 2 is 1.93 bits per heavy atom. The quantitative estimate of drug-likeness (QED) is 0.682. The summed E-state index contributed by atoms with van der Waals surface area (Å²) in [4.78, 5) is 25.6. The second kappa shape index (κ2) is 7.16. The Kier molecular flexibility index (Phi) is 4.66. The van der Waals surface area contributed by atoms with Gasteiger partial charge in [-0.05, 0) is 44.2 Å². The summed E-state index contributed by atoms with van der Waals surface area (Å²) in [5.41, 5.74) is 3.52. The van der Waals surface area contributed by atoms with Gasteiger partial charge < -0.3 is 10.1 Å². The number of methoxy groups -OCH3 is 1. The van der Waals surface area contributed by atoms with Crippen molar-refractivity contribution in [2.45, 2.75) is 26.2 Å². The second-order valence-corrected chi connectivity index (χ2v) is 7.11. The smallest absolute Gasteiger partial charge is 0.226 e. The number of halogens is 1. The standard InChI is InChI=1S/C22H20FN3O3/c1-12-4-7-15(8-5-12)26-22-20(13(2)25-26)16(11-19(27)24-22)21(28)14-6-9-17(23)18(10-14)29-3/h4-10,16H,11H2,1-3H3,(H,24,27)/t16-/m0/s1. The summed E-state index contributed by atoms with van der Waals surface area (Å²) >= 11 is 0. The van der Waals surface area contributed by atoms with Crippen molar-refractivity contribution in [1.82, 2.24) is 9.78 Å². The Balaban J connectivity index is 1.80. The number of aromatic nitrogens is 2. The average Bonchev–Trinajstić information content (AvgIpc) is 3.04. The normalized spacial score (nSPS) is 15.6. The highest BCUT2D eigenvalue weighted by Gasteiger charge is 2.36. The van der Waals surface area contributed by atoms with Gasteiger partial charge in [-0.25, -0.2) is 9.07 Å². The molecule has 1 aromatic heterocycles. The zero-order valence-electron chi connectivity index (χ0n) is 16.3. The van der Waals surface area contributed by atoms with E-state index in [2.05, 4.69) is 10.4 Å². The van der Waals surface area contributed by atoms with Crippen LogP contribution >= 0.6 is 0 Å². The predicted octanol–water partition coefficient (Wildman–Crippen LogP) is 3.95. The van der Waals surface area contributed by atoms with E-state index >= 15 is 0 Å². The molecule has 0 bridgehead atoms. The third-order valence-corrected chi connectivity index (χ3v) is 5.13. The topological polar surface area (TPSA) is 73.2 Å². The maximum Gasteiger partial charge on any atom is 0.226 e. The molecule has 2 heterocycles. The van der Waals surface area contributed by atoms with Gasteiger partial charge in [0.05, 0.1) is 24.4 Å². The molecule has 148 valence electrons. The van der Waals surface area contributed by atoms with Crippen LogP contribution in [-0.2, 0) is 4.79 Å². The zero-order valence-corrected chi connectivity index (χ0v) is 16.3. The van der Waals surface area contributed by atoms with Crippen LogP contribution in [0.15, 0.2) is 42.5 Å². The number of hydrogen-bond donors (Lipinski definition) is 1. The summed E-state index contributed by atoms with van der Waals surface area (Å²) in [5, 5.41) is 7.42. The number of Topliss-reactive ketones (excluding diaryl/α,β-unsaturated/α-hetero) is 1. The van der Waals surface area contributed by atoms with Crippen LogP contribution < -0.4 is 10.1 Å². The molecule has 0 saturated heterocycles. The molecule has 7 heteroatoms. The Labute approximate surface area is 167 Å². The van der Waals surface area contributed by atoms with E-state index in [0.29, 0.717) is 17.1 Å². The molecule has 3 aromatic rings. The Hall–Kier alpha value is -3.48. The molecule has 4 rings (SSSR count). The lowest BCUT2D eigenvalue weighted by Crippen LogP contribution is -2.28. The van der Waals surface area contributed by atoms with Crippen molar-refractivity contribution in [3.8, 4) is 11.4 Å². The summed E-state index contributed by atoms with van der Waals surface area (Å²) in [5.74, 6) is -1.30. The molecule has 1 atom stereocenters. The van der Waals surface area contributed by atoms with Crippen molar-refractivity contribution in [3.63, 3.8) is 0 Å². The number of ketones is 1. The van der Waals surface area contributed by atoms with Crippen molar-refractivity contribution in [1.29, 1.82) is 0 Å². The third-order valence-electron chi connectivity index (χ3n) is 5.13. The number of nitrogens with zero attached hydrogens (tertiary/aromatic N) is 2. The molecule has 0 unspecified atom stereocenters. The van der Waals surface area contributed by atoms with Crippen molar-refractivity contribution in [2.24, 2.45) is 0 Å². The lowest BCUT2D eigenvalue weighted by Gasteiger charge is -2.23. The summed E-state index contributed by atoms with van der Waals surface area (Å²) in [6.45, 7) is 3.80. The van der Waals surface area contributed by atoms with Crippen LogP contribution in [0.5, 0.6) is 5.75 Å². The molecule has 29 heavy (non-hydrogen) atoms. The first-order valence-electron chi connectivity index (χ1n) is 9.23. The van der Waals surface area contributed by atoms with Gasteiger partial charge in [0, 0.05) is 17.5 Å². The highest BCUT2D eigenvalue weighted by atomic mass is 19.1. The summed E-state index contributed by atoms with van der Waals surface area (Å²) < 4.78 is 20.4. The molecule has 0 aliphatic carbocycles. The average molecular weight is 393 g/mol. The van der Waals surface area contributed by atoms with E-state index in [1.807, 2.05) is 38.1 Å². The number of benzene rings is 2. The number of nitrogens with one attached hydrogen (secondary N) is 1. The monoisotopic (exact) mass is 393 g/mol. The molecule has 1 aliphatic rings. The van der Waals surface area contributed by atoms with Crippen LogP contribution in [0.1, 0.15) is 39.5 Å². The number of carbonyl (C=O) groups excluding carboxylic acids is 2. The fourth-order valence-electron chi connectivity index (χ4n) is 3.66. The molecule has 0 saturated carbocycles. The minimum absolute atomic E-state index is 0.00591. The maximum atomic E-state index is 13.7. The van der Waals surface area contributed by atoms with E-state index in [1.165, 1.54) is 25.3 Å². The van der Waals surface area contributed by atoms with Gasteiger partial charge in [0.2, 0.25) is 5.91 Å². The first kappa shape index (κ1) is 18.9. The van der Waals surface area contributed by atoms with E-state index in [1.54, 1.807) is 4.68 Å². The van der Waals surface area contributed by atoms with Gasteiger partial charge in [-0.3, -0.25) is 9.59 Å². The van der Waals surface area contributed by atoms with Crippen molar-refractivity contribution < 1.29 is 18.7 Å². The van der Waals surface area contributed by atoms with Gasteiger partial charge in [0.1, 0.15) is 5.82 Å². The molecule has 6 nitrogen and oxygen atoms in total. The number of hydrogen-bond acceptors (Lipinski definition) is 4. The van der Waals surface area contributed by atoms with Gasteiger partial charge in [-0.2, -0.15) is 5.10 Å². The maximum absolute atomic E-state index is 13.7. The predicted molar refractivity (Wildman–Crippen MR) is 106 cm³/mol. The van der Waals surface area contributed by atoms with E-state index in [-0.39, 0.29) is 29.4 Å². The van der Waals surface area contributed by atoms with Gasteiger partial charge in [0.15, 0.2) is 17.3 Å². The highest BCUT2D eigenvalue weighted by molar-refractivity contribution is 6.08. The molecular formula is C22H20FN3O3. The summed E-state index contributed by atoms with van der Waals surface area (Å²) in [6.07, 6.45) is 0.00591. The van der Waals surface area contributed by atoms with Crippen LogP contribution in [-0.4, -0.2) is 28.6 Å². The minimum atomic E-state index is -0.701. The van der Waals surface area contributed by atoms with E-state index in [9.17, 15) is 14.0 Å². The molecule has 0 fully saturated rings. The van der Waals surface area contributed by atoms with Gasteiger partial charge in [-0.1, -0.05) is 17.7 Å². The second-order valence-electron chi connectivity index (χ2n) is 7.11. The number of fused-ring (bicyclic) bond motifs is 1. The fraction of sp³-hybridized carbons (Fsp3) is 0.227. The highest BCUT2D eigenvalue weighted by Crippen LogP contribution is 2.38. The molecule has 0 radical (unpaired) electrons. The summed E-state index contributed by atoms with van der Waals surface area (Å²) in [7, 11) is 1.34. The molecule has 2 aromatic carbocycles. The SMILES string of the molecule is COc1cc(C(=O)[C@H]2CC(=O)Nc3c2c(C)nn3-c2ccc(C)cc2)ccc1F. The fourth-order valence-corrected chi connectivity index (χ4v) is 3.66. The number of aryl methyl sites for hydroxylation is 2. The van der Waals surface area contributed by atoms with E-state index < -0.39 is 11.7 Å². The van der Waals surface area contributed by atoms with E-state index in [4.69, 9.17) is 4.74 Å². The van der Waals surface area contributed by atoms with Crippen LogP contribution in [0.4, 0.5) is 10.2 Å². The molecule has 1 amide bonds. The van der Waals surface area contributed by atoms with Gasteiger partial charge in [0.25, 0.3) is 0 Å². The van der Waals surface area contributed by atoms with Crippen molar-refractivity contribution in [2.75, 3.05) is 12.4 Å². The molecular weight excluding hydrogens is 373 g/mol. The van der Waals surface area contributed by atoms with Gasteiger partial charge in [-0.15, -0.1) is 0 Å². The number of ether oxygens (including phenoxy) is 1. The zero-order chi connectivity index (χ0) is 20.7. The Morgan fingerprint density at radius 3 is 2.62 bits per heavy atom. The Bertz CT molecular complexity index is 1120. The molecule has 0 spiro atoms. The van der Waals surface area contributed by atoms with Gasteiger partial charge >= 0.3 is 0 Å². The number of carbonyl (C=O) groups is 2. The summed E-state index contributed by atoms with van der Waals surface area (Å²) in [6, 6.07) is 11.7. The molecule has 1 N–H and O–H groups in total. The largest absolute Gasteiger partial charge is 0.494 e.